The van der Waals surface area contributed by atoms with Crippen molar-refractivity contribution in [3.63, 3.8) is 0 Å². The minimum Gasteiger partial charge on any atom is -0.324 e. The van der Waals surface area contributed by atoms with Gasteiger partial charge in [-0.1, -0.05) is 12.1 Å². The molecule has 1 rings (SSSR count). The minimum atomic E-state index is -4.28. The molecule has 0 saturated heterocycles. The van der Waals surface area contributed by atoms with Crippen molar-refractivity contribution in [2.75, 3.05) is 11.1 Å². The van der Waals surface area contributed by atoms with Gasteiger partial charge in [0.05, 0.1) is 17.5 Å². The third kappa shape index (κ3) is 5.55. The van der Waals surface area contributed by atoms with Gasteiger partial charge in [0.15, 0.2) is 0 Å². The van der Waals surface area contributed by atoms with Crippen LogP contribution in [0.1, 0.15) is 6.42 Å². The number of halogens is 3. The molecule has 1 aromatic rings. The summed E-state index contributed by atoms with van der Waals surface area (Å²) < 4.78 is 36.6. The predicted molar refractivity (Wildman–Crippen MR) is 73.3 cm³/mol. The van der Waals surface area contributed by atoms with Crippen LogP contribution in [0.15, 0.2) is 29.2 Å². The number of para-hydroxylation sites is 1. The van der Waals surface area contributed by atoms with E-state index in [0.29, 0.717) is 22.3 Å². The second-order valence-electron chi connectivity index (χ2n) is 3.90. The predicted octanol–water partition coefficient (Wildman–Crippen LogP) is 2.63. The number of carbonyl (C=O) groups excluding carboxylic acids is 1. The summed E-state index contributed by atoms with van der Waals surface area (Å²) in [7, 11) is 0. The third-order valence-electron chi connectivity index (χ3n) is 2.21. The molecule has 108 valence electrons. The highest BCUT2D eigenvalue weighted by molar-refractivity contribution is 7.99. The summed E-state index contributed by atoms with van der Waals surface area (Å²) in [6.45, 7) is 0. The molecule has 1 aromatic carbocycles. The molecule has 1 amide bonds. The maximum Gasteiger partial charge on any atom is 0.398 e. The Hall–Kier alpha value is -1.65. The van der Waals surface area contributed by atoms with Crippen LogP contribution < -0.4 is 11.1 Å². The second kappa shape index (κ2) is 7.22. The van der Waals surface area contributed by atoms with E-state index in [0.717, 1.165) is 0 Å². The number of alkyl halides is 3. The van der Waals surface area contributed by atoms with Crippen LogP contribution in [-0.4, -0.2) is 23.9 Å². The van der Waals surface area contributed by atoms with E-state index in [1.807, 2.05) is 0 Å². The number of nitrogens with two attached hydrogens (primary N) is 1. The van der Waals surface area contributed by atoms with Gasteiger partial charge in [0.1, 0.15) is 0 Å². The number of rotatable bonds is 5. The lowest BCUT2D eigenvalue weighted by molar-refractivity contribution is -0.117. The largest absolute Gasteiger partial charge is 0.398 e. The van der Waals surface area contributed by atoms with E-state index < -0.39 is 23.9 Å². The highest BCUT2D eigenvalue weighted by atomic mass is 32.2. The Morgan fingerprint density at radius 2 is 2.10 bits per heavy atom. The van der Waals surface area contributed by atoms with Crippen LogP contribution >= 0.6 is 11.8 Å². The smallest absolute Gasteiger partial charge is 0.324 e. The molecule has 0 aliphatic rings. The molecular formula is C13H13F3N2OS. The van der Waals surface area contributed by atoms with Gasteiger partial charge in [-0.25, -0.2) is 0 Å². The second-order valence-corrected chi connectivity index (χ2v) is 4.92. The third-order valence-corrected chi connectivity index (χ3v) is 3.35. The Morgan fingerprint density at radius 3 is 2.70 bits per heavy atom. The van der Waals surface area contributed by atoms with E-state index in [9.17, 15) is 18.0 Å². The molecule has 0 aliphatic carbocycles. The molecule has 0 aliphatic heterocycles. The van der Waals surface area contributed by atoms with Crippen LogP contribution in [0, 0.1) is 12.3 Å². The van der Waals surface area contributed by atoms with Gasteiger partial charge in [0.25, 0.3) is 0 Å². The highest BCUT2D eigenvalue weighted by Crippen LogP contribution is 2.32. The molecular weight excluding hydrogens is 289 g/mol. The van der Waals surface area contributed by atoms with Crippen molar-refractivity contribution in [3.8, 4) is 12.3 Å². The first kappa shape index (κ1) is 16.4. The van der Waals surface area contributed by atoms with Gasteiger partial charge in [0.2, 0.25) is 5.91 Å². The molecule has 1 atom stereocenters. The molecule has 0 spiro atoms. The van der Waals surface area contributed by atoms with Gasteiger partial charge in [-0.05, 0) is 12.1 Å². The number of amides is 1. The molecule has 0 aromatic heterocycles. The number of benzene rings is 1. The van der Waals surface area contributed by atoms with E-state index in [1.165, 1.54) is 12.1 Å². The summed E-state index contributed by atoms with van der Waals surface area (Å²) in [4.78, 5) is 12.0. The summed E-state index contributed by atoms with van der Waals surface area (Å²) in [6, 6.07) is 5.33. The zero-order valence-corrected chi connectivity index (χ0v) is 11.2. The quantitative estimate of drug-likeness (QED) is 0.649. The summed E-state index contributed by atoms with van der Waals surface area (Å²) in [5.41, 5.74) is 5.82. The van der Waals surface area contributed by atoms with Gasteiger partial charge >= 0.3 is 6.18 Å². The normalized spacial score (nSPS) is 12.6. The lowest BCUT2D eigenvalue weighted by Gasteiger charge is -2.14. The zero-order chi connectivity index (χ0) is 15.2. The van der Waals surface area contributed by atoms with Gasteiger partial charge in [0, 0.05) is 11.3 Å². The Labute approximate surface area is 119 Å². The van der Waals surface area contributed by atoms with Crippen molar-refractivity contribution in [1.82, 2.24) is 0 Å². The Bertz CT molecular complexity index is 511. The standard InChI is InChI=1S/C13H13F3N2OS/c1-2-5-9(17)12(19)18-10-6-3-4-7-11(10)20-8-13(14,15)16/h1,3-4,6-7,9H,5,8,17H2,(H,18,19). The minimum absolute atomic E-state index is 0.0592. The summed E-state index contributed by atoms with van der Waals surface area (Å²) in [5.74, 6) is 0.698. The number of nitrogens with one attached hydrogen (secondary N) is 1. The van der Waals surface area contributed by atoms with Gasteiger partial charge in [-0.15, -0.1) is 24.1 Å². The zero-order valence-electron chi connectivity index (χ0n) is 10.4. The number of carbonyl (C=O) groups is 1. The van der Waals surface area contributed by atoms with Crippen molar-refractivity contribution < 1.29 is 18.0 Å². The molecule has 3 N–H and O–H groups in total. The van der Waals surface area contributed by atoms with Crippen LogP contribution in [0.25, 0.3) is 0 Å². The van der Waals surface area contributed by atoms with Crippen LogP contribution in [0.3, 0.4) is 0 Å². The molecule has 1 unspecified atom stereocenters. The number of terminal acetylenes is 1. The Kier molecular flexibility index (Phi) is 5.92. The van der Waals surface area contributed by atoms with Crippen molar-refractivity contribution in [2.45, 2.75) is 23.5 Å². The fraction of sp³-hybridized carbons (Fsp3) is 0.308. The molecule has 7 heteroatoms. The average molecular weight is 302 g/mol. The van der Waals surface area contributed by atoms with Gasteiger partial charge < -0.3 is 11.1 Å². The van der Waals surface area contributed by atoms with Crippen molar-refractivity contribution in [3.05, 3.63) is 24.3 Å². The number of hydrogen-bond acceptors (Lipinski definition) is 3. The SMILES string of the molecule is C#CCC(N)C(=O)Nc1ccccc1SCC(F)(F)F. The van der Waals surface area contributed by atoms with Crippen molar-refractivity contribution >= 4 is 23.4 Å². The fourth-order valence-electron chi connectivity index (χ4n) is 1.30. The summed E-state index contributed by atoms with van der Waals surface area (Å²) in [6.07, 6.45) is 0.830. The van der Waals surface area contributed by atoms with E-state index >= 15 is 0 Å². The monoisotopic (exact) mass is 302 g/mol. The van der Waals surface area contributed by atoms with Crippen LogP contribution in [0.5, 0.6) is 0 Å². The van der Waals surface area contributed by atoms with Crippen molar-refractivity contribution in [1.29, 1.82) is 0 Å². The molecule has 0 radical (unpaired) electrons. The Balaban J connectivity index is 2.76. The van der Waals surface area contributed by atoms with Crippen molar-refractivity contribution in [2.24, 2.45) is 5.73 Å². The highest BCUT2D eigenvalue weighted by Gasteiger charge is 2.27. The first-order valence-electron chi connectivity index (χ1n) is 5.62. The van der Waals surface area contributed by atoms with Gasteiger partial charge in [-0.2, -0.15) is 13.2 Å². The molecule has 0 saturated carbocycles. The number of thioether (sulfide) groups is 1. The van der Waals surface area contributed by atoms with E-state index in [4.69, 9.17) is 12.2 Å². The Morgan fingerprint density at radius 1 is 1.45 bits per heavy atom. The van der Waals surface area contributed by atoms with Crippen LogP contribution in [-0.2, 0) is 4.79 Å². The fourth-order valence-corrected chi connectivity index (χ4v) is 2.07. The maximum atomic E-state index is 12.2. The van der Waals surface area contributed by atoms with Crippen LogP contribution in [0.2, 0.25) is 0 Å². The molecule has 0 fully saturated rings. The number of hydrogen-bond donors (Lipinski definition) is 2. The lowest BCUT2D eigenvalue weighted by atomic mass is 10.2. The lowest BCUT2D eigenvalue weighted by Crippen LogP contribution is -2.35. The van der Waals surface area contributed by atoms with E-state index in [2.05, 4.69) is 11.2 Å². The summed E-state index contributed by atoms with van der Waals surface area (Å²) in [5, 5.41) is 2.48. The topological polar surface area (TPSA) is 55.1 Å². The average Bonchev–Trinajstić information content (AvgIpc) is 2.37. The molecule has 0 heterocycles. The maximum absolute atomic E-state index is 12.2. The number of anilines is 1. The molecule has 3 nitrogen and oxygen atoms in total. The van der Waals surface area contributed by atoms with Crippen LogP contribution in [0.4, 0.5) is 18.9 Å². The van der Waals surface area contributed by atoms with E-state index in [1.54, 1.807) is 12.1 Å². The molecule has 0 bridgehead atoms. The van der Waals surface area contributed by atoms with E-state index in [-0.39, 0.29) is 6.42 Å². The first-order valence-corrected chi connectivity index (χ1v) is 6.60. The molecule has 20 heavy (non-hydrogen) atoms. The summed E-state index contributed by atoms with van der Waals surface area (Å²) >= 11 is 0.600. The van der Waals surface area contributed by atoms with Gasteiger partial charge in [-0.3, -0.25) is 4.79 Å². The first-order chi connectivity index (χ1) is 9.33.